The molecule has 3 nitrogen and oxygen atoms in total. The molecule has 0 amide bonds. The first-order valence-corrected chi connectivity index (χ1v) is 13.9. The molecule has 5 heteroatoms. The molecule has 0 fully saturated rings. The van der Waals surface area contributed by atoms with E-state index in [1.54, 1.807) is 0 Å². The molecule has 1 rings (SSSR count). The van der Waals surface area contributed by atoms with Crippen molar-refractivity contribution in [2.75, 3.05) is 0 Å². The van der Waals surface area contributed by atoms with Crippen LogP contribution in [0.1, 0.15) is 12.0 Å². The minimum atomic E-state index is -1.76. The summed E-state index contributed by atoms with van der Waals surface area (Å²) in [7, 11) is -3.31. The van der Waals surface area contributed by atoms with Crippen LogP contribution in [0.15, 0.2) is 24.3 Å². The van der Waals surface area contributed by atoms with Gasteiger partial charge in [0, 0.05) is 6.42 Å². The van der Waals surface area contributed by atoms with Gasteiger partial charge in [-0.1, -0.05) is 12.1 Å². The van der Waals surface area contributed by atoms with Crippen molar-refractivity contribution in [2.24, 2.45) is 0 Å². The van der Waals surface area contributed by atoms with Crippen LogP contribution in [-0.2, 0) is 15.6 Å². The van der Waals surface area contributed by atoms with Crippen molar-refractivity contribution in [1.29, 1.82) is 0 Å². The van der Waals surface area contributed by atoms with E-state index in [9.17, 15) is 4.79 Å². The minimum absolute atomic E-state index is 0.0911. The molecule has 0 aliphatic heterocycles. The lowest BCUT2D eigenvalue weighted by Crippen LogP contribution is -2.29. The summed E-state index contributed by atoms with van der Waals surface area (Å²) < 4.78 is 11.3. The fourth-order valence-electron chi connectivity index (χ4n) is 1.72. The van der Waals surface area contributed by atoms with E-state index in [0.717, 1.165) is 17.7 Å². The van der Waals surface area contributed by atoms with Gasteiger partial charge in [0.05, 0.1) is 0 Å². The maximum Gasteiger partial charge on any atom is 0.292 e. The molecule has 0 aromatic heterocycles. The topological polar surface area (TPSA) is 35.5 Å². The number of carbonyl (C=O) groups is 1. The molecule has 0 saturated heterocycles. The van der Waals surface area contributed by atoms with Crippen LogP contribution in [-0.4, -0.2) is 22.6 Å². The Bertz CT molecular complexity index is 442. The van der Waals surface area contributed by atoms with Crippen molar-refractivity contribution in [3.05, 3.63) is 29.8 Å². The third-order valence-electron chi connectivity index (χ3n) is 2.39. The van der Waals surface area contributed by atoms with E-state index in [1.165, 1.54) is 0 Å². The van der Waals surface area contributed by atoms with E-state index < -0.39 is 16.6 Å². The van der Waals surface area contributed by atoms with Gasteiger partial charge in [-0.3, -0.25) is 4.79 Å². The average Bonchev–Trinajstić information content (AvgIpc) is 2.23. The highest BCUT2D eigenvalue weighted by atomic mass is 28.4. The normalized spacial score (nSPS) is 12.1. The first-order chi connectivity index (χ1) is 9.05. The molecule has 0 radical (unpaired) electrons. The highest BCUT2D eigenvalue weighted by Crippen LogP contribution is 2.18. The van der Waals surface area contributed by atoms with Crippen molar-refractivity contribution >= 4 is 22.6 Å². The van der Waals surface area contributed by atoms with Crippen molar-refractivity contribution in [3.8, 4) is 5.75 Å². The summed E-state index contributed by atoms with van der Waals surface area (Å²) in [4.78, 5) is 11.7. The fourth-order valence-corrected chi connectivity index (χ4v) is 3.34. The van der Waals surface area contributed by atoms with Gasteiger partial charge in [0.1, 0.15) is 5.75 Å². The van der Waals surface area contributed by atoms with Crippen molar-refractivity contribution < 1.29 is 13.6 Å². The number of carbonyl (C=O) groups excluding carboxylic acids is 1. The third kappa shape index (κ3) is 7.50. The monoisotopic (exact) mass is 310 g/mol. The zero-order chi connectivity index (χ0) is 15.4. The van der Waals surface area contributed by atoms with Gasteiger partial charge in [-0.15, -0.1) is 0 Å². The van der Waals surface area contributed by atoms with Crippen molar-refractivity contribution in [3.63, 3.8) is 0 Å². The molecule has 0 aliphatic carbocycles. The lowest BCUT2D eigenvalue weighted by atomic mass is 10.1. The molecule has 1 aromatic rings. The molecule has 0 aliphatic rings. The van der Waals surface area contributed by atoms with E-state index in [4.69, 9.17) is 8.85 Å². The van der Waals surface area contributed by atoms with Crippen molar-refractivity contribution in [2.45, 2.75) is 52.1 Å². The Morgan fingerprint density at radius 2 is 1.50 bits per heavy atom. The molecular formula is C15H26O3Si2. The Kier molecular flexibility index (Phi) is 5.59. The SMILES string of the molecule is C[Si](C)(C)OC(=O)CCc1ccc(O[Si](C)(C)C)cc1. The van der Waals surface area contributed by atoms with Crippen LogP contribution in [0.3, 0.4) is 0 Å². The van der Waals surface area contributed by atoms with Gasteiger partial charge in [0.25, 0.3) is 5.97 Å². The Morgan fingerprint density at radius 1 is 0.950 bits per heavy atom. The first-order valence-electron chi connectivity index (χ1n) is 7.05. The molecule has 20 heavy (non-hydrogen) atoms. The van der Waals surface area contributed by atoms with Gasteiger partial charge in [-0.05, 0) is 63.4 Å². The Labute approximate surface area is 124 Å². The van der Waals surface area contributed by atoms with Crippen LogP contribution in [0.25, 0.3) is 0 Å². The Hall–Kier alpha value is -1.08. The predicted molar refractivity (Wildman–Crippen MR) is 88.2 cm³/mol. The standard InChI is InChI=1S/C15H26O3Si2/c1-19(2,3)17-14-10-7-13(8-11-14)9-12-15(16)18-20(4,5)6/h7-8,10-11H,9,12H2,1-6H3. The number of hydrogen-bond donors (Lipinski definition) is 0. The third-order valence-corrected chi connectivity index (χ3v) is 4.07. The molecule has 0 saturated carbocycles. The number of hydrogen-bond acceptors (Lipinski definition) is 3. The minimum Gasteiger partial charge on any atom is -0.544 e. The van der Waals surface area contributed by atoms with Gasteiger partial charge in [-0.25, -0.2) is 0 Å². The molecule has 112 valence electrons. The van der Waals surface area contributed by atoms with E-state index in [-0.39, 0.29) is 5.97 Å². The number of benzene rings is 1. The molecular weight excluding hydrogens is 284 g/mol. The first kappa shape index (κ1) is 17.0. The van der Waals surface area contributed by atoms with Crippen LogP contribution >= 0.6 is 0 Å². The predicted octanol–water partition coefficient (Wildman–Crippen LogP) is 4.21. The zero-order valence-corrected chi connectivity index (χ0v) is 15.4. The molecule has 0 N–H and O–H groups in total. The molecule has 1 aromatic carbocycles. The number of rotatable bonds is 6. The van der Waals surface area contributed by atoms with Gasteiger partial charge in [0.2, 0.25) is 16.6 Å². The second-order valence-corrected chi connectivity index (χ2v) is 15.8. The second kappa shape index (κ2) is 6.58. The average molecular weight is 311 g/mol. The van der Waals surface area contributed by atoms with Crippen LogP contribution < -0.4 is 4.43 Å². The fraction of sp³-hybridized carbons (Fsp3) is 0.533. The van der Waals surface area contributed by atoms with Crippen LogP contribution in [0.4, 0.5) is 0 Å². The smallest absolute Gasteiger partial charge is 0.292 e. The van der Waals surface area contributed by atoms with Gasteiger partial charge >= 0.3 is 0 Å². The number of aryl methyl sites for hydroxylation is 1. The summed E-state index contributed by atoms with van der Waals surface area (Å²) in [6, 6.07) is 8.02. The quantitative estimate of drug-likeness (QED) is 0.738. The van der Waals surface area contributed by atoms with Crippen LogP contribution in [0, 0.1) is 0 Å². The van der Waals surface area contributed by atoms with Gasteiger partial charge in [-0.2, -0.15) is 0 Å². The van der Waals surface area contributed by atoms with Gasteiger partial charge < -0.3 is 8.85 Å². The van der Waals surface area contributed by atoms with Crippen LogP contribution in [0.2, 0.25) is 39.3 Å². The maximum atomic E-state index is 11.7. The molecule has 0 spiro atoms. The van der Waals surface area contributed by atoms with E-state index in [2.05, 4.69) is 19.6 Å². The maximum absolute atomic E-state index is 11.7. The molecule has 0 bridgehead atoms. The van der Waals surface area contributed by atoms with Crippen molar-refractivity contribution in [1.82, 2.24) is 0 Å². The molecule has 0 heterocycles. The van der Waals surface area contributed by atoms with Gasteiger partial charge in [0.15, 0.2) is 0 Å². The highest BCUT2D eigenvalue weighted by Gasteiger charge is 2.19. The van der Waals surface area contributed by atoms with E-state index >= 15 is 0 Å². The van der Waals surface area contributed by atoms with E-state index in [1.807, 2.05) is 43.9 Å². The summed E-state index contributed by atoms with van der Waals surface area (Å²) in [5, 5.41) is 0. The summed E-state index contributed by atoms with van der Waals surface area (Å²) >= 11 is 0. The van der Waals surface area contributed by atoms with E-state index in [0.29, 0.717) is 6.42 Å². The Morgan fingerprint density at radius 3 is 1.95 bits per heavy atom. The molecule has 0 atom stereocenters. The summed E-state index contributed by atoms with van der Waals surface area (Å²) in [5.41, 5.74) is 1.14. The summed E-state index contributed by atoms with van der Waals surface area (Å²) in [6.45, 7) is 12.5. The van der Waals surface area contributed by atoms with Crippen LogP contribution in [0.5, 0.6) is 5.75 Å². The molecule has 0 unspecified atom stereocenters. The summed E-state index contributed by atoms with van der Waals surface area (Å²) in [5.74, 6) is 0.823. The highest BCUT2D eigenvalue weighted by molar-refractivity contribution is 6.71. The largest absolute Gasteiger partial charge is 0.544 e. The lowest BCUT2D eigenvalue weighted by Gasteiger charge is -2.19. The second-order valence-electron chi connectivity index (χ2n) is 6.94. The summed E-state index contributed by atoms with van der Waals surface area (Å²) in [6.07, 6.45) is 1.16. The Balaban J connectivity index is 2.48. The lowest BCUT2D eigenvalue weighted by molar-refractivity contribution is -0.135. The zero-order valence-electron chi connectivity index (χ0n) is 13.4.